The largest absolute Gasteiger partial charge is 0.383 e. The first kappa shape index (κ1) is 15.5. The molecular formula is C15H19ClN4O. The molecule has 0 aliphatic rings. The Kier molecular flexibility index (Phi) is 5.36. The first-order valence-electron chi connectivity index (χ1n) is 6.70. The van der Waals surface area contributed by atoms with Crippen LogP contribution < -0.4 is 10.6 Å². The molecule has 0 aliphatic heterocycles. The van der Waals surface area contributed by atoms with E-state index in [1.54, 1.807) is 7.11 Å². The first-order valence-corrected chi connectivity index (χ1v) is 7.08. The summed E-state index contributed by atoms with van der Waals surface area (Å²) >= 11 is 6.03. The molecular weight excluding hydrogens is 288 g/mol. The minimum atomic E-state index is 0.624. The van der Waals surface area contributed by atoms with Crippen molar-refractivity contribution in [3.63, 3.8) is 0 Å². The molecule has 0 unspecified atom stereocenters. The van der Waals surface area contributed by atoms with Crippen LogP contribution in [0.1, 0.15) is 11.4 Å². The van der Waals surface area contributed by atoms with Gasteiger partial charge in [-0.3, -0.25) is 0 Å². The van der Waals surface area contributed by atoms with Crippen molar-refractivity contribution in [2.24, 2.45) is 0 Å². The molecule has 2 aromatic rings. The number of hydrogen-bond donors (Lipinski definition) is 2. The number of rotatable bonds is 6. The van der Waals surface area contributed by atoms with Gasteiger partial charge in [-0.2, -0.15) is 0 Å². The highest BCUT2D eigenvalue weighted by molar-refractivity contribution is 6.30. The maximum absolute atomic E-state index is 6.03. The average Bonchev–Trinajstić information content (AvgIpc) is 2.43. The molecule has 112 valence electrons. The number of methoxy groups -OCH3 is 1. The molecule has 0 fully saturated rings. The van der Waals surface area contributed by atoms with E-state index in [0.717, 1.165) is 22.9 Å². The number of aryl methyl sites for hydroxylation is 2. The molecule has 1 heterocycles. The first-order chi connectivity index (χ1) is 10.1. The number of anilines is 3. The third-order valence-electron chi connectivity index (χ3n) is 2.91. The summed E-state index contributed by atoms with van der Waals surface area (Å²) in [4.78, 5) is 8.73. The van der Waals surface area contributed by atoms with E-state index in [2.05, 4.69) is 20.6 Å². The second-order valence-corrected chi connectivity index (χ2v) is 5.13. The van der Waals surface area contributed by atoms with Crippen LogP contribution in [0.5, 0.6) is 0 Å². The van der Waals surface area contributed by atoms with Crippen LogP contribution in [0, 0.1) is 13.8 Å². The van der Waals surface area contributed by atoms with E-state index < -0.39 is 0 Å². The van der Waals surface area contributed by atoms with Crippen molar-refractivity contribution in [2.45, 2.75) is 13.8 Å². The van der Waals surface area contributed by atoms with Gasteiger partial charge in [0.1, 0.15) is 17.5 Å². The topological polar surface area (TPSA) is 59.1 Å². The normalized spacial score (nSPS) is 10.5. The maximum atomic E-state index is 6.03. The summed E-state index contributed by atoms with van der Waals surface area (Å²) < 4.78 is 5.01. The van der Waals surface area contributed by atoms with Crippen molar-refractivity contribution in [3.05, 3.63) is 40.7 Å². The smallest absolute Gasteiger partial charge is 0.136 e. The van der Waals surface area contributed by atoms with Crippen LogP contribution in [-0.2, 0) is 4.74 Å². The van der Waals surface area contributed by atoms with Crippen molar-refractivity contribution >= 4 is 28.9 Å². The molecule has 6 heteroatoms. The highest BCUT2D eigenvalue weighted by Gasteiger charge is 2.05. The highest BCUT2D eigenvalue weighted by Crippen LogP contribution is 2.24. The molecule has 0 atom stereocenters. The van der Waals surface area contributed by atoms with Gasteiger partial charge in [-0.25, -0.2) is 9.97 Å². The summed E-state index contributed by atoms with van der Waals surface area (Å²) in [5, 5.41) is 7.16. The molecule has 0 bridgehead atoms. The molecule has 0 saturated heterocycles. The molecule has 0 aliphatic carbocycles. The summed E-state index contributed by atoms with van der Waals surface area (Å²) in [6.07, 6.45) is 0. The number of nitrogens with zero attached hydrogens (tertiary/aromatic N) is 2. The van der Waals surface area contributed by atoms with Gasteiger partial charge in [0.15, 0.2) is 0 Å². The van der Waals surface area contributed by atoms with Gasteiger partial charge in [-0.1, -0.05) is 17.7 Å². The maximum Gasteiger partial charge on any atom is 0.136 e. The number of ether oxygens (including phenoxy) is 1. The molecule has 0 radical (unpaired) electrons. The molecule has 2 rings (SSSR count). The Morgan fingerprint density at radius 3 is 2.67 bits per heavy atom. The summed E-state index contributed by atoms with van der Waals surface area (Å²) in [5.41, 5.74) is 2.04. The van der Waals surface area contributed by atoms with Gasteiger partial charge in [0, 0.05) is 30.4 Å². The summed E-state index contributed by atoms with van der Waals surface area (Å²) in [5.74, 6) is 2.19. The minimum absolute atomic E-state index is 0.624. The van der Waals surface area contributed by atoms with E-state index in [1.807, 2.05) is 38.1 Å². The van der Waals surface area contributed by atoms with Gasteiger partial charge in [0.25, 0.3) is 0 Å². The monoisotopic (exact) mass is 306 g/mol. The number of hydrogen-bond acceptors (Lipinski definition) is 5. The molecule has 0 amide bonds. The van der Waals surface area contributed by atoms with E-state index in [9.17, 15) is 0 Å². The van der Waals surface area contributed by atoms with Crippen LogP contribution >= 0.6 is 11.6 Å². The molecule has 5 nitrogen and oxygen atoms in total. The van der Waals surface area contributed by atoms with Crippen LogP contribution in [0.2, 0.25) is 5.02 Å². The molecule has 1 aromatic heterocycles. The third kappa shape index (κ3) is 4.58. The molecule has 0 spiro atoms. The summed E-state index contributed by atoms with van der Waals surface area (Å²) in [6.45, 7) is 5.20. The van der Waals surface area contributed by atoms with E-state index in [1.165, 1.54) is 0 Å². The predicted molar refractivity (Wildman–Crippen MR) is 86.6 cm³/mol. The van der Waals surface area contributed by atoms with Crippen molar-refractivity contribution in [1.29, 1.82) is 0 Å². The van der Waals surface area contributed by atoms with Gasteiger partial charge >= 0.3 is 0 Å². The Hall–Kier alpha value is -1.85. The van der Waals surface area contributed by atoms with Gasteiger partial charge in [-0.05, 0) is 31.5 Å². The van der Waals surface area contributed by atoms with Crippen LogP contribution in [0.15, 0.2) is 24.3 Å². The Labute approximate surface area is 129 Å². The van der Waals surface area contributed by atoms with Crippen LogP contribution in [0.25, 0.3) is 0 Å². The minimum Gasteiger partial charge on any atom is -0.383 e. The van der Waals surface area contributed by atoms with Crippen molar-refractivity contribution < 1.29 is 4.74 Å². The second-order valence-electron chi connectivity index (χ2n) is 4.69. The Bertz CT molecular complexity index is 619. The van der Waals surface area contributed by atoms with Gasteiger partial charge < -0.3 is 15.4 Å². The second kappa shape index (κ2) is 7.24. The Morgan fingerprint density at radius 1 is 1.14 bits per heavy atom. The molecule has 2 N–H and O–H groups in total. The fourth-order valence-corrected chi connectivity index (χ4v) is 2.04. The van der Waals surface area contributed by atoms with E-state index in [0.29, 0.717) is 24.0 Å². The zero-order chi connectivity index (χ0) is 15.2. The zero-order valence-electron chi connectivity index (χ0n) is 12.4. The lowest BCUT2D eigenvalue weighted by Gasteiger charge is -2.12. The fourth-order valence-electron chi connectivity index (χ4n) is 1.87. The van der Waals surface area contributed by atoms with Crippen LogP contribution in [-0.4, -0.2) is 30.2 Å². The SMILES string of the molecule is COCCNc1cc(Nc2cc(Cl)ccc2C)nc(C)n1. The Morgan fingerprint density at radius 2 is 1.90 bits per heavy atom. The van der Waals surface area contributed by atoms with E-state index in [-0.39, 0.29) is 0 Å². The Balaban J connectivity index is 2.17. The van der Waals surface area contributed by atoms with E-state index in [4.69, 9.17) is 16.3 Å². The van der Waals surface area contributed by atoms with Crippen molar-refractivity contribution in [2.75, 3.05) is 30.9 Å². The van der Waals surface area contributed by atoms with Gasteiger partial charge in [0.05, 0.1) is 6.61 Å². The van der Waals surface area contributed by atoms with Crippen molar-refractivity contribution in [1.82, 2.24) is 9.97 Å². The third-order valence-corrected chi connectivity index (χ3v) is 3.15. The standard InChI is InChI=1S/C15H19ClN4O/c1-10-4-5-12(16)8-13(10)20-15-9-14(17-6-7-21-3)18-11(2)19-15/h4-5,8-9H,6-7H2,1-3H3,(H2,17,18,19,20). The lowest BCUT2D eigenvalue weighted by atomic mass is 10.2. The number of benzene rings is 1. The number of halogens is 1. The highest BCUT2D eigenvalue weighted by atomic mass is 35.5. The molecule has 0 saturated carbocycles. The van der Waals surface area contributed by atoms with Gasteiger partial charge in [0.2, 0.25) is 0 Å². The zero-order valence-corrected chi connectivity index (χ0v) is 13.2. The lowest BCUT2D eigenvalue weighted by molar-refractivity contribution is 0.210. The number of aromatic nitrogens is 2. The average molecular weight is 307 g/mol. The van der Waals surface area contributed by atoms with E-state index >= 15 is 0 Å². The molecule has 1 aromatic carbocycles. The van der Waals surface area contributed by atoms with Crippen LogP contribution in [0.4, 0.5) is 17.3 Å². The predicted octanol–water partition coefficient (Wildman–Crippen LogP) is 3.55. The fraction of sp³-hybridized carbons (Fsp3) is 0.333. The quantitative estimate of drug-likeness (QED) is 0.799. The lowest BCUT2D eigenvalue weighted by Crippen LogP contribution is -2.10. The van der Waals surface area contributed by atoms with Gasteiger partial charge in [-0.15, -0.1) is 0 Å². The summed E-state index contributed by atoms with van der Waals surface area (Å²) in [7, 11) is 1.67. The summed E-state index contributed by atoms with van der Waals surface area (Å²) in [6, 6.07) is 7.58. The number of nitrogens with one attached hydrogen (secondary N) is 2. The molecule has 21 heavy (non-hydrogen) atoms. The van der Waals surface area contributed by atoms with Crippen LogP contribution in [0.3, 0.4) is 0 Å². The van der Waals surface area contributed by atoms with Crippen molar-refractivity contribution in [3.8, 4) is 0 Å².